The molecule has 8 heteroatoms. The van der Waals surface area contributed by atoms with E-state index in [-0.39, 0.29) is 30.3 Å². The number of carbonyl (C=O) groups is 2. The van der Waals surface area contributed by atoms with Gasteiger partial charge >= 0.3 is 0 Å². The fourth-order valence-electron chi connectivity index (χ4n) is 3.01. The fourth-order valence-corrected chi connectivity index (χ4v) is 3.01. The third kappa shape index (κ3) is 3.84. The Bertz CT molecular complexity index is 848. The number of nitrogens with zero attached hydrogens (tertiary/aromatic N) is 5. The number of carbonyl (C=O) groups excluding carboxylic acids is 2. The minimum atomic E-state index is -0.239. The number of hydrogen-bond acceptors (Lipinski definition) is 5. The van der Waals surface area contributed by atoms with Gasteiger partial charge in [-0.3, -0.25) is 14.4 Å². The Kier molecular flexibility index (Phi) is 5.06. The van der Waals surface area contributed by atoms with Crippen LogP contribution in [-0.2, 0) is 16.1 Å². The van der Waals surface area contributed by atoms with Gasteiger partial charge in [0.15, 0.2) is 0 Å². The van der Waals surface area contributed by atoms with Gasteiger partial charge in [0.1, 0.15) is 5.52 Å². The molecule has 0 unspecified atom stereocenters. The summed E-state index contributed by atoms with van der Waals surface area (Å²) in [5.41, 5.74) is 0.309. The summed E-state index contributed by atoms with van der Waals surface area (Å²) >= 11 is 0. The second kappa shape index (κ2) is 7.42. The standard InChI is InChI=1S/C17H21N5O3/c1-13(23)20-8-4-9-21(12-11-20)16(24)7-10-22-17(25)14-5-2-3-6-15(14)18-19-22/h2-3,5-6H,4,7-12H2,1H3. The summed E-state index contributed by atoms with van der Waals surface area (Å²) in [5.74, 6) is -0.000417. The average molecular weight is 343 g/mol. The maximum atomic E-state index is 12.4. The molecule has 1 aromatic carbocycles. The molecule has 2 amide bonds. The van der Waals surface area contributed by atoms with E-state index in [9.17, 15) is 14.4 Å². The van der Waals surface area contributed by atoms with Crippen LogP contribution in [0.1, 0.15) is 19.8 Å². The molecule has 1 aliphatic heterocycles. The normalized spacial score (nSPS) is 15.2. The summed E-state index contributed by atoms with van der Waals surface area (Å²) in [5, 5.41) is 8.43. The highest BCUT2D eigenvalue weighted by atomic mass is 16.2. The molecule has 2 aromatic rings. The lowest BCUT2D eigenvalue weighted by Gasteiger charge is -2.21. The molecular formula is C17H21N5O3. The lowest BCUT2D eigenvalue weighted by molar-refractivity contribution is -0.132. The number of aromatic nitrogens is 3. The molecule has 1 saturated heterocycles. The molecule has 0 N–H and O–H groups in total. The van der Waals surface area contributed by atoms with Crippen LogP contribution in [0.25, 0.3) is 10.9 Å². The zero-order valence-corrected chi connectivity index (χ0v) is 14.2. The van der Waals surface area contributed by atoms with Gasteiger partial charge in [0.05, 0.1) is 11.9 Å². The Morgan fingerprint density at radius 1 is 1.08 bits per heavy atom. The summed E-state index contributed by atoms with van der Waals surface area (Å²) in [6, 6.07) is 7.01. The highest BCUT2D eigenvalue weighted by Gasteiger charge is 2.20. The molecule has 0 aliphatic carbocycles. The lowest BCUT2D eigenvalue weighted by Crippen LogP contribution is -2.37. The summed E-state index contributed by atoms with van der Waals surface area (Å²) in [6.07, 6.45) is 0.952. The molecule has 0 spiro atoms. The predicted octanol–water partition coefficient (Wildman–Crippen LogP) is 0.262. The van der Waals surface area contributed by atoms with Crippen molar-refractivity contribution in [1.29, 1.82) is 0 Å². The monoisotopic (exact) mass is 343 g/mol. The van der Waals surface area contributed by atoms with Crippen LogP contribution in [0.15, 0.2) is 29.1 Å². The summed E-state index contributed by atoms with van der Waals surface area (Å²) in [4.78, 5) is 39.8. The van der Waals surface area contributed by atoms with Gasteiger partial charge in [-0.2, -0.15) is 0 Å². The predicted molar refractivity (Wildman–Crippen MR) is 91.9 cm³/mol. The van der Waals surface area contributed by atoms with Gasteiger partial charge in [0.2, 0.25) is 11.8 Å². The molecule has 0 bridgehead atoms. The van der Waals surface area contributed by atoms with Gasteiger partial charge in [-0.05, 0) is 18.6 Å². The number of rotatable bonds is 3. The van der Waals surface area contributed by atoms with E-state index in [0.717, 1.165) is 6.42 Å². The Morgan fingerprint density at radius 2 is 1.80 bits per heavy atom. The molecule has 132 valence electrons. The van der Waals surface area contributed by atoms with Crippen molar-refractivity contribution in [3.63, 3.8) is 0 Å². The Hall–Kier alpha value is -2.77. The fraction of sp³-hybridized carbons (Fsp3) is 0.471. The van der Waals surface area contributed by atoms with Crippen molar-refractivity contribution in [3.05, 3.63) is 34.6 Å². The van der Waals surface area contributed by atoms with Gasteiger partial charge in [-0.1, -0.05) is 17.3 Å². The molecule has 0 saturated carbocycles. The van der Waals surface area contributed by atoms with Crippen molar-refractivity contribution in [3.8, 4) is 0 Å². The molecule has 8 nitrogen and oxygen atoms in total. The molecule has 0 radical (unpaired) electrons. The van der Waals surface area contributed by atoms with Crippen molar-refractivity contribution in [2.45, 2.75) is 26.3 Å². The Balaban J connectivity index is 1.63. The number of fused-ring (bicyclic) bond motifs is 1. The van der Waals surface area contributed by atoms with Crippen LogP contribution in [0.4, 0.5) is 0 Å². The van der Waals surface area contributed by atoms with Gasteiger partial charge in [-0.25, -0.2) is 4.68 Å². The smallest absolute Gasteiger partial charge is 0.277 e. The van der Waals surface area contributed by atoms with Gasteiger partial charge in [0.25, 0.3) is 5.56 Å². The van der Waals surface area contributed by atoms with Crippen molar-refractivity contribution in [2.24, 2.45) is 0 Å². The van der Waals surface area contributed by atoms with Crippen LogP contribution in [0.3, 0.4) is 0 Å². The van der Waals surface area contributed by atoms with E-state index < -0.39 is 0 Å². The SMILES string of the molecule is CC(=O)N1CCCN(C(=O)CCn2nnc3ccccc3c2=O)CC1. The summed E-state index contributed by atoms with van der Waals surface area (Å²) < 4.78 is 1.24. The van der Waals surface area contributed by atoms with E-state index in [1.807, 2.05) is 0 Å². The van der Waals surface area contributed by atoms with E-state index >= 15 is 0 Å². The van der Waals surface area contributed by atoms with E-state index in [1.165, 1.54) is 4.68 Å². The van der Waals surface area contributed by atoms with Crippen LogP contribution in [0.5, 0.6) is 0 Å². The van der Waals surface area contributed by atoms with Gasteiger partial charge < -0.3 is 9.80 Å². The molecule has 3 rings (SSSR count). The first-order valence-electron chi connectivity index (χ1n) is 8.42. The van der Waals surface area contributed by atoms with Crippen molar-refractivity contribution in [2.75, 3.05) is 26.2 Å². The Morgan fingerprint density at radius 3 is 2.60 bits per heavy atom. The summed E-state index contributed by atoms with van der Waals surface area (Å²) in [7, 11) is 0. The third-order valence-corrected chi connectivity index (χ3v) is 4.46. The molecular weight excluding hydrogens is 322 g/mol. The Labute approximate surface area is 145 Å². The largest absolute Gasteiger partial charge is 0.341 e. The lowest BCUT2D eigenvalue weighted by atomic mass is 10.2. The van der Waals surface area contributed by atoms with Crippen LogP contribution in [0, 0.1) is 0 Å². The molecule has 2 heterocycles. The molecule has 1 aliphatic rings. The zero-order chi connectivity index (χ0) is 17.8. The average Bonchev–Trinajstić information content (AvgIpc) is 2.87. The molecule has 0 atom stereocenters. The third-order valence-electron chi connectivity index (χ3n) is 4.46. The second-order valence-electron chi connectivity index (χ2n) is 6.13. The van der Waals surface area contributed by atoms with E-state index in [4.69, 9.17) is 0 Å². The van der Waals surface area contributed by atoms with Crippen LogP contribution in [-0.4, -0.2) is 62.8 Å². The first-order valence-corrected chi connectivity index (χ1v) is 8.42. The number of benzene rings is 1. The molecule has 1 fully saturated rings. The molecule has 25 heavy (non-hydrogen) atoms. The topological polar surface area (TPSA) is 88.4 Å². The highest BCUT2D eigenvalue weighted by molar-refractivity contribution is 5.77. The highest BCUT2D eigenvalue weighted by Crippen LogP contribution is 2.07. The van der Waals surface area contributed by atoms with Crippen molar-refractivity contribution < 1.29 is 9.59 Å². The van der Waals surface area contributed by atoms with Crippen molar-refractivity contribution >= 4 is 22.7 Å². The molecule has 1 aromatic heterocycles. The first-order chi connectivity index (χ1) is 12.1. The van der Waals surface area contributed by atoms with Gasteiger partial charge in [-0.15, -0.1) is 5.10 Å². The second-order valence-corrected chi connectivity index (χ2v) is 6.13. The number of hydrogen-bond donors (Lipinski definition) is 0. The van der Waals surface area contributed by atoms with E-state index in [2.05, 4.69) is 10.3 Å². The number of aryl methyl sites for hydroxylation is 1. The maximum Gasteiger partial charge on any atom is 0.277 e. The van der Waals surface area contributed by atoms with E-state index in [0.29, 0.717) is 37.1 Å². The minimum absolute atomic E-state index is 0.0345. The number of amides is 2. The maximum absolute atomic E-state index is 12.4. The summed E-state index contributed by atoms with van der Waals surface area (Å²) in [6.45, 7) is 4.12. The van der Waals surface area contributed by atoms with Crippen LogP contribution in [0.2, 0.25) is 0 Å². The zero-order valence-electron chi connectivity index (χ0n) is 14.2. The van der Waals surface area contributed by atoms with Crippen LogP contribution < -0.4 is 5.56 Å². The first kappa shape index (κ1) is 17.1. The van der Waals surface area contributed by atoms with Crippen molar-refractivity contribution in [1.82, 2.24) is 24.8 Å². The van der Waals surface area contributed by atoms with E-state index in [1.54, 1.807) is 41.0 Å². The minimum Gasteiger partial charge on any atom is -0.341 e. The van der Waals surface area contributed by atoms with Crippen LogP contribution >= 0.6 is 0 Å². The van der Waals surface area contributed by atoms with Gasteiger partial charge in [0, 0.05) is 39.5 Å². The quantitative estimate of drug-likeness (QED) is 0.798.